The molecule has 0 aliphatic heterocycles. The zero-order valence-corrected chi connectivity index (χ0v) is 16.1. The molecule has 6 heteroatoms. The molecule has 27 heavy (non-hydrogen) atoms. The topological polar surface area (TPSA) is 78.9 Å². The van der Waals surface area contributed by atoms with Gasteiger partial charge in [-0.2, -0.15) is 0 Å². The molecular formula is C21H26N2O4. The summed E-state index contributed by atoms with van der Waals surface area (Å²) in [5.41, 5.74) is 1.28. The molecule has 0 aliphatic rings. The van der Waals surface area contributed by atoms with Crippen LogP contribution in [0.25, 0.3) is 0 Å². The third-order valence-electron chi connectivity index (χ3n) is 4.28. The Hall–Kier alpha value is -3.02. The molecular weight excluding hydrogens is 344 g/mol. The lowest BCUT2D eigenvalue weighted by molar-refractivity contribution is -0.133. The van der Waals surface area contributed by atoms with Crippen molar-refractivity contribution >= 4 is 11.8 Å². The number of hydrogen-bond acceptors (Lipinski definition) is 4. The van der Waals surface area contributed by atoms with Crippen molar-refractivity contribution in [3.05, 3.63) is 59.7 Å². The Bertz CT molecular complexity index is 787. The minimum Gasteiger partial charge on any atom is -0.508 e. The third kappa shape index (κ3) is 5.48. The summed E-state index contributed by atoms with van der Waals surface area (Å²) in [6.07, 6.45) is 0. The molecule has 144 valence electrons. The number of nitrogens with zero attached hydrogens (tertiary/aromatic N) is 1. The number of methoxy groups -OCH3 is 1. The van der Waals surface area contributed by atoms with Gasteiger partial charge in [0.15, 0.2) is 0 Å². The molecule has 0 aliphatic carbocycles. The fraction of sp³-hybridized carbons (Fsp3) is 0.333. The van der Waals surface area contributed by atoms with E-state index in [0.29, 0.717) is 17.9 Å². The fourth-order valence-electron chi connectivity index (χ4n) is 2.72. The molecule has 2 aromatic rings. The Morgan fingerprint density at radius 1 is 1.15 bits per heavy atom. The smallest absolute Gasteiger partial charge is 0.251 e. The van der Waals surface area contributed by atoms with Crippen LogP contribution < -0.4 is 10.1 Å². The van der Waals surface area contributed by atoms with Gasteiger partial charge in [0, 0.05) is 19.2 Å². The number of rotatable bonds is 7. The van der Waals surface area contributed by atoms with Gasteiger partial charge in [-0.1, -0.05) is 26.0 Å². The van der Waals surface area contributed by atoms with Gasteiger partial charge in [0.25, 0.3) is 5.91 Å². The van der Waals surface area contributed by atoms with Gasteiger partial charge in [-0.15, -0.1) is 0 Å². The predicted octanol–water partition coefficient (Wildman–Crippen LogP) is 2.81. The van der Waals surface area contributed by atoms with E-state index in [2.05, 4.69) is 5.32 Å². The number of likely N-dealkylation sites (N-methyl/N-ethyl adjacent to an activating group) is 1. The van der Waals surface area contributed by atoms with Gasteiger partial charge in [0.2, 0.25) is 5.91 Å². The lowest BCUT2D eigenvalue weighted by Crippen LogP contribution is -2.50. The summed E-state index contributed by atoms with van der Waals surface area (Å²) in [4.78, 5) is 27.0. The molecule has 0 radical (unpaired) electrons. The van der Waals surface area contributed by atoms with E-state index >= 15 is 0 Å². The molecule has 2 aromatic carbocycles. The fourth-order valence-corrected chi connectivity index (χ4v) is 2.72. The van der Waals surface area contributed by atoms with Crippen LogP contribution in [0.15, 0.2) is 48.5 Å². The second kappa shape index (κ2) is 9.07. The van der Waals surface area contributed by atoms with Crippen molar-refractivity contribution in [2.75, 3.05) is 14.2 Å². The first-order chi connectivity index (χ1) is 12.8. The van der Waals surface area contributed by atoms with Crippen molar-refractivity contribution < 1.29 is 19.4 Å². The van der Waals surface area contributed by atoms with Crippen molar-refractivity contribution in [1.29, 1.82) is 0 Å². The Morgan fingerprint density at radius 2 is 1.81 bits per heavy atom. The Balaban J connectivity index is 2.08. The largest absolute Gasteiger partial charge is 0.508 e. The first-order valence-corrected chi connectivity index (χ1v) is 8.79. The monoisotopic (exact) mass is 370 g/mol. The van der Waals surface area contributed by atoms with E-state index in [-0.39, 0.29) is 23.5 Å². The normalized spacial score (nSPS) is 11.7. The van der Waals surface area contributed by atoms with Crippen molar-refractivity contribution in [3.63, 3.8) is 0 Å². The second-order valence-corrected chi connectivity index (χ2v) is 6.79. The summed E-state index contributed by atoms with van der Waals surface area (Å²) in [6.45, 7) is 4.12. The van der Waals surface area contributed by atoms with Crippen molar-refractivity contribution in [3.8, 4) is 11.5 Å². The number of phenols is 1. The molecule has 1 unspecified atom stereocenters. The van der Waals surface area contributed by atoms with Gasteiger partial charge in [-0.25, -0.2) is 0 Å². The molecule has 0 fully saturated rings. The number of hydrogen-bond donors (Lipinski definition) is 2. The van der Waals surface area contributed by atoms with E-state index in [1.807, 2.05) is 19.9 Å². The van der Waals surface area contributed by atoms with Crippen molar-refractivity contribution in [1.82, 2.24) is 10.2 Å². The highest BCUT2D eigenvalue weighted by Gasteiger charge is 2.27. The summed E-state index contributed by atoms with van der Waals surface area (Å²) in [5, 5.41) is 12.4. The van der Waals surface area contributed by atoms with Crippen LogP contribution in [-0.2, 0) is 11.3 Å². The molecule has 0 saturated heterocycles. The lowest BCUT2D eigenvalue weighted by Gasteiger charge is -2.27. The van der Waals surface area contributed by atoms with Crippen LogP contribution in [0.5, 0.6) is 11.5 Å². The van der Waals surface area contributed by atoms with E-state index in [9.17, 15) is 14.7 Å². The number of ether oxygens (including phenoxy) is 1. The van der Waals surface area contributed by atoms with Crippen LogP contribution >= 0.6 is 0 Å². The van der Waals surface area contributed by atoms with E-state index in [1.54, 1.807) is 61.5 Å². The van der Waals surface area contributed by atoms with Crippen LogP contribution in [0.3, 0.4) is 0 Å². The number of aromatic hydroxyl groups is 1. The van der Waals surface area contributed by atoms with Gasteiger partial charge in [-0.3, -0.25) is 9.59 Å². The molecule has 0 spiro atoms. The predicted molar refractivity (Wildman–Crippen MR) is 104 cm³/mol. The molecule has 1 atom stereocenters. The van der Waals surface area contributed by atoms with Gasteiger partial charge in [-0.05, 0) is 47.9 Å². The second-order valence-electron chi connectivity index (χ2n) is 6.79. The van der Waals surface area contributed by atoms with Crippen molar-refractivity contribution in [2.45, 2.75) is 26.4 Å². The average Bonchev–Trinajstić information content (AvgIpc) is 2.65. The van der Waals surface area contributed by atoms with E-state index < -0.39 is 6.04 Å². The first kappa shape index (κ1) is 20.3. The average molecular weight is 370 g/mol. The number of phenolic OH excluding ortho intramolecular Hbond substituents is 1. The third-order valence-corrected chi connectivity index (χ3v) is 4.28. The quantitative estimate of drug-likeness (QED) is 0.786. The highest BCUT2D eigenvalue weighted by Crippen LogP contribution is 2.15. The summed E-state index contributed by atoms with van der Waals surface area (Å²) in [5.74, 6) is 0.243. The molecule has 0 aromatic heterocycles. The lowest BCUT2D eigenvalue weighted by atomic mass is 10.0. The molecule has 0 heterocycles. The molecule has 2 amide bonds. The highest BCUT2D eigenvalue weighted by atomic mass is 16.5. The summed E-state index contributed by atoms with van der Waals surface area (Å²) < 4.78 is 5.09. The van der Waals surface area contributed by atoms with Crippen LogP contribution in [0, 0.1) is 5.92 Å². The van der Waals surface area contributed by atoms with E-state index in [4.69, 9.17) is 4.74 Å². The van der Waals surface area contributed by atoms with Gasteiger partial charge < -0.3 is 20.1 Å². The van der Waals surface area contributed by atoms with Gasteiger partial charge in [0.1, 0.15) is 17.5 Å². The van der Waals surface area contributed by atoms with E-state index in [0.717, 1.165) is 5.56 Å². The van der Waals surface area contributed by atoms with E-state index in [1.165, 1.54) is 0 Å². The standard InChI is InChI=1S/C21H26N2O4/c1-14(2)19(22-20(25)16-8-10-18(27-4)11-9-16)21(26)23(3)13-15-6-5-7-17(24)12-15/h5-12,14,19,24H,13H2,1-4H3,(H,22,25). The highest BCUT2D eigenvalue weighted by molar-refractivity contribution is 5.97. The van der Waals surface area contributed by atoms with Crippen molar-refractivity contribution in [2.24, 2.45) is 5.92 Å². The molecule has 6 nitrogen and oxygen atoms in total. The SMILES string of the molecule is COc1ccc(C(=O)NC(C(=O)N(C)Cc2cccc(O)c2)C(C)C)cc1. The summed E-state index contributed by atoms with van der Waals surface area (Å²) in [7, 11) is 3.24. The summed E-state index contributed by atoms with van der Waals surface area (Å²) >= 11 is 0. The van der Waals surface area contributed by atoms with Gasteiger partial charge >= 0.3 is 0 Å². The molecule has 0 bridgehead atoms. The number of nitrogens with one attached hydrogen (secondary N) is 1. The number of carbonyl (C=O) groups excluding carboxylic acids is 2. The summed E-state index contributed by atoms with van der Waals surface area (Å²) in [6, 6.07) is 12.8. The van der Waals surface area contributed by atoms with Crippen LogP contribution in [0.2, 0.25) is 0 Å². The zero-order valence-electron chi connectivity index (χ0n) is 16.1. The Morgan fingerprint density at radius 3 is 2.37 bits per heavy atom. The van der Waals surface area contributed by atoms with Crippen LogP contribution in [0.1, 0.15) is 29.8 Å². The Kier molecular flexibility index (Phi) is 6.82. The maximum absolute atomic E-state index is 12.9. The first-order valence-electron chi connectivity index (χ1n) is 8.79. The molecule has 0 saturated carbocycles. The number of carbonyl (C=O) groups is 2. The van der Waals surface area contributed by atoms with Gasteiger partial charge in [0.05, 0.1) is 7.11 Å². The maximum Gasteiger partial charge on any atom is 0.251 e. The minimum absolute atomic E-state index is 0.0775. The zero-order chi connectivity index (χ0) is 20.0. The Labute approximate surface area is 159 Å². The minimum atomic E-state index is -0.651. The molecule has 2 N–H and O–H groups in total. The van der Waals surface area contributed by atoms with Crippen LogP contribution in [-0.4, -0.2) is 42.0 Å². The number of benzene rings is 2. The van der Waals surface area contributed by atoms with Crippen LogP contribution in [0.4, 0.5) is 0 Å². The number of amides is 2. The maximum atomic E-state index is 12.9. The molecule has 2 rings (SSSR count).